The molecule has 0 spiro atoms. The molecular formula is C56H69N9O7S. The first-order valence-corrected chi connectivity index (χ1v) is 26.1. The van der Waals surface area contributed by atoms with Crippen LogP contribution in [0.4, 0.5) is 9.59 Å². The number of benzene rings is 3. The Morgan fingerprint density at radius 2 is 1.60 bits per heavy atom. The van der Waals surface area contributed by atoms with Gasteiger partial charge >= 0.3 is 12.2 Å². The molecule has 6 heterocycles. The van der Waals surface area contributed by atoms with E-state index in [4.69, 9.17) is 19.4 Å². The Morgan fingerprint density at radius 3 is 2.32 bits per heavy atom. The number of imidazole rings is 2. The maximum atomic E-state index is 13.7. The minimum absolute atomic E-state index is 0.149. The van der Waals surface area contributed by atoms with Gasteiger partial charge in [0.15, 0.2) is 0 Å². The number of nitrogens with zero attached hydrogens (tertiary/aromatic N) is 5. The van der Waals surface area contributed by atoms with Crippen molar-refractivity contribution in [3.63, 3.8) is 0 Å². The van der Waals surface area contributed by atoms with Crippen LogP contribution in [-0.4, -0.2) is 98.2 Å². The first-order valence-electron chi connectivity index (χ1n) is 25.3. The molecule has 17 heteroatoms. The number of hydrogen-bond acceptors (Lipinski definition) is 10. The molecule has 0 saturated carbocycles. The molecule has 3 unspecified atom stereocenters. The second-order valence-electron chi connectivity index (χ2n) is 18.2. The average molecular weight is 1010 g/mol. The molecule has 2 aliphatic rings. The molecule has 0 aliphatic carbocycles. The van der Waals surface area contributed by atoms with Crippen molar-refractivity contribution in [2.24, 2.45) is 5.92 Å². The number of rotatable bonds is 14. The smallest absolute Gasteiger partial charge is 0.407 e. The van der Waals surface area contributed by atoms with Crippen molar-refractivity contribution in [3.05, 3.63) is 113 Å². The van der Waals surface area contributed by atoms with Crippen molar-refractivity contribution in [2.75, 3.05) is 33.9 Å². The zero-order valence-corrected chi connectivity index (χ0v) is 44.4. The van der Waals surface area contributed by atoms with Crippen LogP contribution in [0.1, 0.15) is 109 Å². The van der Waals surface area contributed by atoms with Gasteiger partial charge in [0.25, 0.3) is 0 Å². The largest absolute Gasteiger partial charge is 0.465 e. The molecule has 73 heavy (non-hydrogen) atoms. The highest BCUT2D eigenvalue weighted by Crippen LogP contribution is 2.46. The summed E-state index contributed by atoms with van der Waals surface area (Å²) in [5.74, 6) is 1.48. The van der Waals surface area contributed by atoms with Crippen molar-refractivity contribution in [1.29, 1.82) is 0 Å². The number of aromatic amines is 2. The zero-order chi connectivity index (χ0) is 52.3. The molecule has 0 bridgehead atoms. The number of alkyl carbamates (subject to hydrolysis) is 2. The quantitative estimate of drug-likeness (QED) is 0.0822. The minimum atomic E-state index is -0.742. The molecule has 1 saturated heterocycles. The topological polar surface area (TPSA) is 189 Å². The van der Waals surface area contributed by atoms with Crippen molar-refractivity contribution < 1.29 is 33.4 Å². The Morgan fingerprint density at radius 1 is 0.877 bits per heavy atom. The third kappa shape index (κ3) is 11.9. The zero-order valence-electron chi connectivity index (χ0n) is 43.6. The van der Waals surface area contributed by atoms with E-state index in [0.717, 1.165) is 75.1 Å². The van der Waals surface area contributed by atoms with Crippen molar-refractivity contribution in [1.82, 2.24) is 44.9 Å². The van der Waals surface area contributed by atoms with E-state index in [-0.39, 0.29) is 36.9 Å². The van der Waals surface area contributed by atoms with Crippen LogP contribution in [0.25, 0.3) is 55.1 Å². The van der Waals surface area contributed by atoms with Crippen LogP contribution in [0.3, 0.4) is 0 Å². The standard InChI is InChI=1S/C51H55N9O7S.C3H8.C2H6/c1-7-19-58(48(62)46(29(2)3)57-51(64)66-6)28-44-52-25-37(55-44)31-15-17-39-35(21-31)23-41-36-16-14-32(38-26-53-47(56-38)40-12-9-20-59(40)45(61)27-54-50(63)65-5)24-42(36)67-49(60(39)41)34-11-8-10-33(22-34)43-18-13-30(4)68-43;1-3-2;1-2/h8,10-11,13-18,21-26,29,40,46,49H,7,9,12,19-20,27-28H2,1-6H3,(H,52,55)(H,53,56)(H,54,63)(H,57,64);3H2,1-2H3;1-2H3. The SMILES string of the molecule is CC.CCC.CCCN(Cc1ncc(-c2ccc3c(c2)cc2n3C(c3cccc(-c4ccc(C)s4)c3)Oc3cc(-c4cnc(C5CCCN5C(=O)CNC(=O)OC)[nH]4)ccc3-2)[nH]1)C(=O)C(NC(=O)OC)C(C)C. The highest BCUT2D eigenvalue weighted by atomic mass is 32.1. The number of ether oxygens (including phenoxy) is 3. The summed E-state index contributed by atoms with van der Waals surface area (Å²) in [6.07, 6.45) is 5.33. The Labute approximate surface area is 431 Å². The molecule has 2 aliphatic heterocycles. The van der Waals surface area contributed by atoms with Gasteiger partial charge in [-0.2, -0.15) is 0 Å². The van der Waals surface area contributed by atoms with Crippen molar-refractivity contribution >= 4 is 46.2 Å². The number of fused-ring (bicyclic) bond motifs is 5. The average Bonchev–Trinajstić information content (AvgIpc) is 4.28. The van der Waals surface area contributed by atoms with Gasteiger partial charge in [0.1, 0.15) is 30.0 Å². The number of carbonyl (C=O) groups is 4. The summed E-state index contributed by atoms with van der Waals surface area (Å²) in [5, 5.41) is 6.21. The van der Waals surface area contributed by atoms with Crippen LogP contribution < -0.4 is 15.4 Å². The fourth-order valence-corrected chi connectivity index (χ4v) is 10.1. The highest BCUT2D eigenvalue weighted by Gasteiger charge is 2.34. The Hall–Kier alpha value is -7.40. The molecule has 4 amide bonds. The van der Waals surface area contributed by atoms with E-state index in [9.17, 15) is 19.2 Å². The van der Waals surface area contributed by atoms with E-state index in [0.29, 0.717) is 30.5 Å². The predicted molar refractivity (Wildman–Crippen MR) is 287 cm³/mol. The number of aromatic nitrogens is 5. The van der Waals surface area contributed by atoms with Crippen LogP contribution in [0.5, 0.6) is 5.75 Å². The van der Waals surface area contributed by atoms with Crippen LogP contribution in [0, 0.1) is 12.8 Å². The van der Waals surface area contributed by atoms with Crippen LogP contribution in [0.15, 0.2) is 91.3 Å². The molecule has 4 N–H and O–H groups in total. The Kier molecular flexibility index (Phi) is 17.8. The van der Waals surface area contributed by atoms with Gasteiger partial charge in [0, 0.05) is 50.5 Å². The molecule has 386 valence electrons. The summed E-state index contributed by atoms with van der Waals surface area (Å²) in [5.41, 5.74) is 8.45. The molecular weight excluding hydrogens is 943 g/mol. The van der Waals surface area contributed by atoms with Gasteiger partial charge in [0.05, 0.1) is 61.8 Å². The number of thiophene rings is 1. The van der Waals surface area contributed by atoms with Gasteiger partial charge in [-0.05, 0) is 86.2 Å². The second-order valence-corrected chi connectivity index (χ2v) is 19.5. The lowest BCUT2D eigenvalue weighted by Gasteiger charge is -2.31. The summed E-state index contributed by atoms with van der Waals surface area (Å²) in [4.78, 5) is 72.9. The molecule has 0 radical (unpaired) electrons. The number of carbonyl (C=O) groups excluding carboxylic acids is 4. The van der Waals surface area contributed by atoms with E-state index in [2.05, 4.69) is 123 Å². The number of amides is 4. The molecule has 3 atom stereocenters. The number of methoxy groups -OCH3 is 2. The van der Waals surface area contributed by atoms with E-state index in [1.54, 1.807) is 33.5 Å². The fourth-order valence-electron chi connectivity index (χ4n) is 9.22. The minimum Gasteiger partial charge on any atom is -0.465 e. The third-order valence-corrected chi connectivity index (χ3v) is 13.7. The molecule has 3 aromatic carbocycles. The number of aryl methyl sites for hydroxylation is 1. The summed E-state index contributed by atoms with van der Waals surface area (Å²) in [6, 6.07) is 26.5. The van der Waals surface area contributed by atoms with E-state index < -0.39 is 24.5 Å². The predicted octanol–water partition coefficient (Wildman–Crippen LogP) is 11.6. The van der Waals surface area contributed by atoms with Crippen molar-refractivity contribution in [2.45, 2.75) is 106 Å². The number of hydrogen-bond donors (Lipinski definition) is 4. The maximum absolute atomic E-state index is 13.7. The second kappa shape index (κ2) is 24.3. The van der Waals surface area contributed by atoms with Crippen molar-refractivity contribution in [3.8, 4) is 50.0 Å². The normalized spacial score (nSPS) is 14.9. The fraction of sp³-hybridized carbons (Fsp3) is 0.393. The maximum Gasteiger partial charge on any atom is 0.407 e. The van der Waals surface area contributed by atoms with E-state index in [1.165, 1.54) is 30.4 Å². The Bertz CT molecular complexity index is 3020. The Balaban J connectivity index is 0.00000151. The van der Waals surface area contributed by atoms with Gasteiger partial charge in [-0.25, -0.2) is 19.6 Å². The third-order valence-electron chi connectivity index (χ3n) is 12.6. The lowest BCUT2D eigenvalue weighted by Crippen LogP contribution is -2.51. The monoisotopic (exact) mass is 1010 g/mol. The van der Waals surface area contributed by atoms with Gasteiger partial charge < -0.3 is 49.2 Å². The lowest BCUT2D eigenvalue weighted by molar-refractivity contribution is -0.135. The van der Waals surface area contributed by atoms with Gasteiger partial charge in [-0.1, -0.05) is 85.2 Å². The highest BCUT2D eigenvalue weighted by molar-refractivity contribution is 7.15. The van der Waals surface area contributed by atoms with E-state index >= 15 is 0 Å². The first kappa shape index (κ1) is 53.4. The first-order chi connectivity index (χ1) is 35.3. The summed E-state index contributed by atoms with van der Waals surface area (Å²) in [7, 11) is 2.55. The lowest BCUT2D eigenvalue weighted by atomic mass is 10.0. The summed E-state index contributed by atoms with van der Waals surface area (Å²) < 4.78 is 18.8. The van der Waals surface area contributed by atoms with E-state index in [1.807, 2.05) is 40.7 Å². The van der Waals surface area contributed by atoms with Gasteiger partial charge in [-0.3, -0.25) is 9.59 Å². The molecule has 1 fully saturated rings. The molecule has 9 rings (SSSR count). The summed E-state index contributed by atoms with van der Waals surface area (Å²) >= 11 is 1.76. The molecule has 7 aromatic rings. The van der Waals surface area contributed by atoms with Crippen LogP contribution in [-0.2, 0) is 25.6 Å². The van der Waals surface area contributed by atoms with Crippen LogP contribution in [0.2, 0.25) is 0 Å². The van der Waals surface area contributed by atoms with Gasteiger partial charge in [-0.15, -0.1) is 11.3 Å². The number of likely N-dealkylation sites (tertiary alicyclic amines) is 1. The summed E-state index contributed by atoms with van der Waals surface area (Å²) in [6.45, 7) is 17.3. The molecule has 16 nitrogen and oxygen atoms in total. The number of nitrogens with one attached hydrogen (secondary N) is 4. The van der Waals surface area contributed by atoms with Gasteiger partial charge in [0.2, 0.25) is 18.0 Å². The van der Waals surface area contributed by atoms with Crippen LogP contribution >= 0.6 is 11.3 Å². The molecule has 4 aromatic heterocycles. The number of H-pyrrole nitrogens is 2.